The Morgan fingerprint density at radius 2 is 1.66 bits per heavy atom. The molecular weight excluding hydrogens is 386 g/mol. The van der Waals surface area contributed by atoms with E-state index < -0.39 is 0 Å². The molecule has 1 aromatic heterocycles. The van der Waals surface area contributed by atoms with Gasteiger partial charge in [0, 0.05) is 42.0 Å². The molecule has 1 heterocycles. The maximum Gasteiger partial charge on any atom is 0.321 e. The van der Waals surface area contributed by atoms with Crippen molar-refractivity contribution in [2.45, 2.75) is 19.8 Å². The van der Waals surface area contributed by atoms with Crippen molar-refractivity contribution in [2.75, 3.05) is 19.4 Å². The average molecular weight is 410 g/mol. The maximum atomic E-state index is 12.8. The van der Waals surface area contributed by atoms with Gasteiger partial charge in [-0.3, -0.25) is 4.79 Å². The highest BCUT2D eigenvalue weighted by Crippen LogP contribution is 2.27. The van der Waals surface area contributed by atoms with Gasteiger partial charge >= 0.3 is 6.03 Å². The molecule has 2 aromatic carbocycles. The molecule has 6 heteroatoms. The molecule has 0 aliphatic rings. The summed E-state index contributed by atoms with van der Waals surface area (Å²) >= 11 is 5.92. The van der Waals surface area contributed by atoms with Crippen LogP contribution in [0.1, 0.15) is 45.7 Å². The van der Waals surface area contributed by atoms with Gasteiger partial charge in [-0.05, 0) is 60.5 Å². The Bertz CT molecular complexity index is 1020. The SMILES string of the molecule is Cc1cc(C(C)c2ccc(NC(=O)N(C)C)cc2)[nH]c1C(=O)c1ccc(Cl)cc1. The minimum absolute atomic E-state index is 0.0561. The molecule has 0 aliphatic heterocycles. The van der Waals surface area contributed by atoms with E-state index >= 15 is 0 Å². The Labute approximate surface area is 175 Å². The number of carbonyl (C=O) groups is 2. The fourth-order valence-electron chi connectivity index (χ4n) is 3.07. The molecule has 1 atom stereocenters. The Morgan fingerprint density at radius 3 is 2.24 bits per heavy atom. The van der Waals surface area contributed by atoms with E-state index in [4.69, 9.17) is 11.6 Å². The van der Waals surface area contributed by atoms with Gasteiger partial charge in [-0.2, -0.15) is 0 Å². The van der Waals surface area contributed by atoms with Crippen molar-refractivity contribution < 1.29 is 9.59 Å². The van der Waals surface area contributed by atoms with Crippen LogP contribution in [0.15, 0.2) is 54.6 Å². The molecule has 0 spiro atoms. The first-order valence-corrected chi connectivity index (χ1v) is 9.72. The number of anilines is 1. The summed E-state index contributed by atoms with van der Waals surface area (Å²) in [4.78, 5) is 29.4. The van der Waals surface area contributed by atoms with Gasteiger partial charge in [-0.15, -0.1) is 0 Å². The summed E-state index contributed by atoms with van der Waals surface area (Å²) in [5.74, 6) is 0.0124. The summed E-state index contributed by atoms with van der Waals surface area (Å²) in [6.07, 6.45) is 0. The van der Waals surface area contributed by atoms with Crippen molar-refractivity contribution in [1.29, 1.82) is 0 Å². The van der Waals surface area contributed by atoms with Gasteiger partial charge in [0.1, 0.15) is 0 Å². The topological polar surface area (TPSA) is 65.2 Å². The molecular formula is C23H24ClN3O2. The number of amides is 2. The van der Waals surface area contributed by atoms with E-state index in [0.29, 0.717) is 16.3 Å². The van der Waals surface area contributed by atoms with E-state index in [0.717, 1.165) is 22.5 Å². The van der Waals surface area contributed by atoms with Gasteiger partial charge in [0.05, 0.1) is 5.69 Å². The number of nitrogens with one attached hydrogen (secondary N) is 2. The predicted octanol–water partition coefficient (Wildman–Crippen LogP) is 5.45. The highest BCUT2D eigenvalue weighted by atomic mass is 35.5. The van der Waals surface area contributed by atoms with Gasteiger partial charge in [-0.1, -0.05) is 30.7 Å². The first-order valence-electron chi connectivity index (χ1n) is 9.34. The summed E-state index contributed by atoms with van der Waals surface area (Å²) in [7, 11) is 3.39. The summed E-state index contributed by atoms with van der Waals surface area (Å²) in [5.41, 5.74) is 4.87. The van der Waals surface area contributed by atoms with Crippen LogP contribution in [0.5, 0.6) is 0 Å². The maximum absolute atomic E-state index is 12.8. The molecule has 2 N–H and O–H groups in total. The van der Waals surface area contributed by atoms with Crippen molar-refractivity contribution in [2.24, 2.45) is 0 Å². The number of hydrogen-bond donors (Lipinski definition) is 2. The molecule has 3 rings (SSSR count). The number of nitrogens with zero attached hydrogens (tertiary/aromatic N) is 1. The summed E-state index contributed by atoms with van der Waals surface area (Å²) in [6.45, 7) is 4.00. The van der Waals surface area contributed by atoms with Gasteiger partial charge in [0.15, 0.2) is 0 Å². The van der Waals surface area contributed by atoms with Crippen LogP contribution in [0, 0.1) is 6.92 Å². The zero-order valence-corrected chi connectivity index (χ0v) is 17.7. The van der Waals surface area contributed by atoms with E-state index in [2.05, 4.69) is 17.2 Å². The number of aromatic nitrogens is 1. The second kappa shape index (κ2) is 8.53. The van der Waals surface area contributed by atoms with E-state index in [9.17, 15) is 9.59 Å². The Morgan fingerprint density at radius 1 is 1.03 bits per heavy atom. The molecule has 2 amide bonds. The molecule has 5 nitrogen and oxygen atoms in total. The number of benzene rings is 2. The molecule has 0 radical (unpaired) electrons. The summed E-state index contributed by atoms with van der Waals surface area (Å²) in [5, 5.41) is 3.42. The van der Waals surface area contributed by atoms with Crippen molar-refractivity contribution in [1.82, 2.24) is 9.88 Å². The van der Waals surface area contributed by atoms with Gasteiger partial charge < -0.3 is 15.2 Å². The first kappa shape index (κ1) is 20.7. The van der Waals surface area contributed by atoms with Crippen LogP contribution in [-0.4, -0.2) is 35.8 Å². The minimum Gasteiger partial charge on any atom is -0.355 e. The number of H-pyrrole nitrogens is 1. The van der Waals surface area contributed by atoms with Gasteiger partial charge in [-0.25, -0.2) is 4.79 Å². The monoisotopic (exact) mass is 409 g/mol. The van der Waals surface area contributed by atoms with Gasteiger partial charge in [0.2, 0.25) is 5.78 Å². The van der Waals surface area contributed by atoms with Crippen LogP contribution >= 0.6 is 11.6 Å². The van der Waals surface area contributed by atoms with Crippen molar-refractivity contribution in [3.05, 3.63) is 87.7 Å². The molecule has 0 bridgehead atoms. The van der Waals surface area contributed by atoms with Crippen LogP contribution in [0.3, 0.4) is 0 Å². The number of aromatic amines is 1. The zero-order valence-electron chi connectivity index (χ0n) is 16.9. The minimum atomic E-state index is -0.170. The lowest BCUT2D eigenvalue weighted by Crippen LogP contribution is -2.27. The smallest absolute Gasteiger partial charge is 0.321 e. The molecule has 0 saturated carbocycles. The molecule has 1 unspecified atom stereocenters. The standard InChI is InChI=1S/C23H24ClN3O2/c1-14-13-20(26-21(14)22(28)17-5-9-18(24)10-6-17)15(2)16-7-11-19(12-8-16)25-23(29)27(3)4/h5-13,15,26H,1-4H3,(H,25,29). The number of urea groups is 1. The molecule has 0 fully saturated rings. The third kappa shape index (κ3) is 4.69. The van der Waals surface area contributed by atoms with E-state index in [1.54, 1.807) is 38.4 Å². The Hall–Kier alpha value is -3.05. The Kier molecular flexibility index (Phi) is 6.09. The molecule has 3 aromatic rings. The molecule has 0 aliphatic carbocycles. The highest BCUT2D eigenvalue weighted by molar-refractivity contribution is 6.30. The third-order valence-corrected chi connectivity index (χ3v) is 5.16. The lowest BCUT2D eigenvalue weighted by molar-refractivity contribution is 0.103. The number of carbonyl (C=O) groups excluding carboxylic acids is 2. The number of halogens is 1. The summed E-state index contributed by atoms with van der Waals surface area (Å²) < 4.78 is 0. The third-order valence-electron chi connectivity index (χ3n) is 4.90. The predicted molar refractivity (Wildman–Crippen MR) is 117 cm³/mol. The van der Waals surface area contributed by atoms with Crippen LogP contribution in [0.4, 0.5) is 10.5 Å². The normalized spacial score (nSPS) is 11.8. The van der Waals surface area contributed by atoms with E-state index in [1.165, 1.54) is 4.90 Å². The summed E-state index contributed by atoms with van der Waals surface area (Å²) in [6, 6.07) is 16.4. The second-order valence-electron chi connectivity index (χ2n) is 7.29. The van der Waals surface area contributed by atoms with Crippen molar-refractivity contribution in [3.8, 4) is 0 Å². The van der Waals surface area contributed by atoms with E-state index in [-0.39, 0.29) is 17.7 Å². The van der Waals surface area contributed by atoms with Gasteiger partial charge in [0.25, 0.3) is 0 Å². The number of aryl methyl sites for hydroxylation is 1. The average Bonchev–Trinajstić information content (AvgIpc) is 3.09. The lowest BCUT2D eigenvalue weighted by Gasteiger charge is -2.14. The van der Waals surface area contributed by atoms with Crippen LogP contribution < -0.4 is 5.32 Å². The fraction of sp³-hybridized carbons (Fsp3) is 0.217. The second-order valence-corrected chi connectivity index (χ2v) is 7.72. The number of ketones is 1. The fourth-order valence-corrected chi connectivity index (χ4v) is 3.20. The van der Waals surface area contributed by atoms with Crippen LogP contribution in [0.2, 0.25) is 5.02 Å². The number of hydrogen-bond acceptors (Lipinski definition) is 2. The first-order chi connectivity index (χ1) is 13.8. The molecule has 29 heavy (non-hydrogen) atoms. The molecule has 150 valence electrons. The largest absolute Gasteiger partial charge is 0.355 e. The van der Waals surface area contributed by atoms with Crippen LogP contribution in [0.25, 0.3) is 0 Å². The van der Waals surface area contributed by atoms with Crippen molar-refractivity contribution in [3.63, 3.8) is 0 Å². The quantitative estimate of drug-likeness (QED) is 0.550. The van der Waals surface area contributed by atoms with Crippen LogP contribution in [-0.2, 0) is 0 Å². The highest BCUT2D eigenvalue weighted by Gasteiger charge is 2.18. The Balaban J connectivity index is 1.79. The number of rotatable bonds is 5. The molecule has 0 saturated heterocycles. The van der Waals surface area contributed by atoms with Crippen molar-refractivity contribution >= 4 is 29.1 Å². The zero-order chi connectivity index (χ0) is 21.1. The van der Waals surface area contributed by atoms with E-state index in [1.807, 2.05) is 37.3 Å². The lowest BCUT2D eigenvalue weighted by atomic mass is 9.97.